The lowest BCUT2D eigenvalue weighted by atomic mass is 10.0. The molecule has 3 nitrogen and oxygen atoms in total. The van der Waals surface area contributed by atoms with Crippen LogP contribution in [0.3, 0.4) is 0 Å². The number of anilines is 1. The second-order valence-corrected chi connectivity index (χ2v) is 3.85. The van der Waals surface area contributed by atoms with Crippen LogP contribution >= 0.6 is 0 Å². The van der Waals surface area contributed by atoms with E-state index in [1.165, 1.54) is 11.3 Å². The first kappa shape index (κ1) is 9.49. The summed E-state index contributed by atoms with van der Waals surface area (Å²) in [6, 6.07) is 5.96. The monoisotopic (exact) mass is 192 g/mol. The second-order valence-electron chi connectivity index (χ2n) is 3.85. The zero-order valence-corrected chi connectivity index (χ0v) is 8.40. The maximum atomic E-state index is 8.95. The first-order valence-corrected chi connectivity index (χ1v) is 4.93. The normalized spacial score (nSPS) is 16.9. The van der Waals surface area contributed by atoms with Crippen LogP contribution in [0, 0.1) is 0 Å². The van der Waals surface area contributed by atoms with E-state index < -0.39 is 0 Å². The molecular formula is C11H16N2O. The van der Waals surface area contributed by atoms with Crippen molar-refractivity contribution in [2.75, 3.05) is 25.1 Å². The molecule has 0 unspecified atom stereocenters. The van der Waals surface area contributed by atoms with E-state index in [0.29, 0.717) is 0 Å². The highest BCUT2D eigenvalue weighted by atomic mass is 16.3. The molecule has 0 saturated carbocycles. The number of hydrogen-bond acceptors (Lipinski definition) is 3. The quantitative estimate of drug-likeness (QED) is 0.724. The Morgan fingerprint density at radius 3 is 3.07 bits per heavy atom. The Bertz CT molecular complexity index is 338. The topological polar surface area (TPSA) is 49.5 Å². The van der Waals surface area contributed by atoms with Crippen LogP contribution in [0.25, 0.3) is 0 Å². The first-order valence-electron chi connectivity index (χ1n) is 4.93. The molecule has 1 heterocycles. The van der Waals surface area contributed by atoms with Crippen molar-refractivity contribution in [3.8, 4) is 0 Å². The minimum Gasteiger partial charge on any atom is -0.394 e. The molecule has 3 heteroatoms. The van der Waals surface area contributed by atoms with Gasteiger partial charge < -0.3 is 15.7 Å². The Morgan fingerprint density at radius 1 is 1.57 bits per heavy atom. The fraction of sp³-hybridized carbons (Fsp3) is 0.455. The maximum absolute atomic E-state index is 8.95. The molecule has 0 aromatic heterocycles. The molecule has 1 aliphatic rings. The smallest absolute Gasteiger partial charge is 0.0624 e. The third kappa shape index (κ3) is 1.49. The number of fused-ring (bicyclic) bond motifs is 1. The standard InChI is InChI=1S/C11H16N2O/c1-13-5-4-9-6-8(10(12)7-14)2-3-11(9)13/h2-3,6,10,14H,4-5,7,12H2,1H3/t10-/m0/s1. The summed E-state index contributed by atoms with van der Waals surface area (Å²) in [6.45, 7) is 1.09. The molecule has 0 saturated heterocycles. The fourth-order valence-corrected chi connectivity index (χ4v) is 1.92. The molecule has 0 radical (unpaired) electrons. The molecule has 1 aromatic carbocycles. The molecular weight excluding hydrogens is 176 g/mol. The second kappa shape index (κ2) is 3.59. The van der Waals surface area contributed by atoms with E-state index >= 15 is 0 Å². The van der Waals surface area contributed by atoms with Crippen molar-refractivity contribution < 1.29 is 5.11 Å². The summed E-state index contributed by atoms with van der Waals surface area (Å²) < 4.78 is 0. The van der Waals surface area contributed by atoms with E-state index in [4.69, 9.17) is 10.8 Å². The SMILES string of the molecule is CN1CCc2cc([C@@H](N)CO)ccc21. The summed E-state index contributed by atoms with van der Waals surface area (Å²) in [5.74, 6) is 0. The Kier molecular flexibility index (Phi) is 2.44. The number of likely N-dealkylation sites (N-methyl/N-ethyl adjacent to an activating group) is 1. The minimum atomic E-state index is -0.244. The molecule has 0 bridgehead atoms. The molecule has 0 fully saturated rings. The van der Waals surface area contributed by atoms with Gasteiger partial charge in [0.05, 0.1) is 12.6 Å². The molecule has 0 spiro atoms. The zero-order valence-electron chi connectivity index (χ0n) is 8.40. The highest BCUT2D eigenvalue weighted by Crippen LogP contribution is 2.28. The van der Waals surface area contributed by atoms with Gasteiger partial charge in [0.1, 0.15) is 0 Å². The van der Waals surface area contributed by atoms with E-state index in [-0.39, 0.29) is 12.6 Å². The van der Waals surface area contributed by atoms with Crippen LogP contribution < -0.4 is 10.6 Å². The van der Waals surface area contributed by atoms with Crippen LogP contribution in [0.2, 0.25) is 0 Å². The molecule has 1 atom stereocenters. The van der Waals surface area contributed by atoms with Gasteiger partial charge in [-0.05, 0) is 23.6 Å². The van der Waals surface area contributed by atoms with Crippen molar-refractivity contribution in [1.29, 1.82) is 0 Å². The highest BCUT2D eigenvalue weighted by Gasteiger charge is 2.16. The van der Waals surface area contributed by atoms with E-state index in [1.54, 1.807) is 0 Å². The van der Waals surface area contributed by atoms with Crippen molar-refractivity contribution in [2.24, 2.45) is 5.73 Å². The lowest BCUT2D eigenvalue weighted by Crippen LogP contribution is -2.15. The number of nitrogens with two attached hydrogens (primary N) is 1. The van der Waals surface area contributed by atoms with Crippen molar-refractivity contribution in [3.05, 3.63) is 29.3 Å². The fourth-order valence-electron chi connectivity index (χ4n) is 1.92. The van der Waals surface area contributed by atoms with Gasteiger partial charge in [0.15, 0.2) is 0 Å². The Labute approximate surface area is 84.1 Å². The number of nitrogens with zero attached hydrogens (tertiary/aromatic N) is 1. The average molecular weight is 192 g/mol. The maximum Gasteiger partial charge on any atom is 0.0624 e. The van der Waals surface area contributed by atoms with Gasteiger partial charge in [-0.1, -0.05) is 12.1 Å². The summed E-state index contributed by atoms with van der Waals surface area (Å²) >= 11 is 0. The van der Waals surface area contributed by atoms with Crippen LogP contribution in [-0.4, -0.2) is 25.3 Å². The highest BCUT2D eigenvalue weighted by molar-refractivity contribution is 5.58. The van der Waals surface area contributed by atoms with E-state index in [1.807, 2.05) is 6.07 Å². The average Bonchev–Trinajstić information content (AvgIpc) is 2.59. The molecule has 3 N–H and O–H groups in total. The summed E-state index contributed by atoms with van der Waals surface area (Å²) in [5.41, 5.74) is 9.42. The molecule has 76 valence electrons. The lowest BCUT2D eigenvalue weighted by Gasteiger charge is -2.14. The number of aliphatic hydroxyl groups is 1. The van der Waals surface area contributed by atoms with Crippen LogP contribution in [0.5, 0.6) is 0 Å². The van der Waals surface area contributed by atoms with Gasteiger partial charge in [-0.2, -0.15) is 0 Å². The van der Waals surface area contributed by atoms with Gasteiger partial charge in [0.2, 0.25) is 0 Å². The number of aliphatic hydroxyl groups excluding tert-OH is 1. The first-order chi connectivity index (χ1) is 6.72. The molecule has 1 aliphatic heterocycles. The molecule has 0 aliphatic carbocycles. The summed E-state index contributed by atoms with van der Waals surface area (Å²) in [5, 5.41) is 8.95. The van der Waals surface area contributed by atoms with Gasteiger partial charge in [-0.15, -0.1) is 0 Å². The van der Waals surface area contributed by atoms with Crippen molar-refractivity contribution in [2.45, 2.75) is 12.5 Å². The van der Waals surface area contributed by atoms with Gasteiger partial charge in [0.25, 0.3) is 0 Å². The molecule has 2 rings (SSSR count). The molecule has 14 heavy (non-hydrogen) atoms. The van der Waals surface area contributed by atoms with Crippen molar-refractivity contribution in [3.63, 3.8) is 0 Å². The van der Waals surface area contributed by atoms with Gasteiger partial charge in [-0.25, -0.2) is 0 Å². The predicted molar refractivity (Wildman–Crippen MR) is 57.4 cm³/mol. The van der Waals surface area contributed by atoms with E-state index in [0.717, 1.165) is 18.5 Å². The van der Waals surface area contributed by atoms with Crippen LogP contribution in [0.15, 0.2) is 18.2 Å². The van der Waals surface area contributed by atoms with E-state index in [9.17, 15) is 0 Å². The van der Waals surface area contributed by atoms with Crippen molar-refractivity contribution >= 4 is 5.69 Å². The summed E-state index contributed by atoms with van der Waals surface area (Å²) in [7, 11) is 2.09. The summed E-state index contributed by atoms with van der Waals surface area (Å²) in [6.07, 6.45) is 1.08. The largest absolute Gasteiger partial charge is 0.394 e. The third-order valence-corrected chi connectivity index (χ3v) is 2.86. The number of hydrogen-bond donors (Lipinski definition) is 2. The molecule has 0 amide bonds. The number of rotatable bonds is 2. The Morgan fingerprint density at radius 2 is 2.36 bits per heavy atom. The van der Waals surface area contributed by atoms with Crippen molar-refractivity contribution in [1.82, 2.24) is 0 Å². The Hall–Kier alpha value is -1.06. The predicted octanol–water partition coefficient (Wildman–Crippen LogP) is 0.671. The van der Waals surface area contributed by atoms with E-state index in [2.05, 4.69) is 24.1 Å². The van der Waals surface area contributed by atoms with Crippen LogP contribution in [-0.2, 0) is 6.42 Å². The van der Waals surface area contributed by atoms with Crippen LogP contribution in [0.1, 0.15) is 17.2 Å². The Balaban J connectivity index is 2.32. The lowest BCUT2D eigenvalue weighted by molar-refractivity contribution is 0.268. The number of benzene rings is 1. The van der Waals surface area contributed by atoms with Crippen LogP contribution in [0.4, 0.5) is 5.69 Å². The molecule has 1 aromatic rings. The van der Waals surface area contributed by atoms with Gasteiger partial charge >= 0.3 is 0 Å². The summed E-state index contributed by atoms with van der Waals surface area (Å²) in [4.78, 5) is 2.24. The zero-order chi connectivity index (χ0) is 10.1. The minimum absolute atomic E-state index is 0.00856. The van der Waals surface area contributed by atoms with Gasteiger partial charge in [-0.3, -0.25) is 0 Å². The van der Waals surface area contributed by atoms with Gasteiger partial charge in [0, 0.05) is 19.3 Å². The third-order valence-electron chi connectivity index (χ3n) is 2.86.